The molecule has 0 saturated heterocycles. The largest absolute Gasteiger partial charge is 0.457 e. The van der Waals surface area contributed by atoms with E-state index in [1.165, 1.54) is 6.07 Å². The first kappa shape index (κ1) is 14.0. The maximum atomic E-state index is 13.9. The average molecular weight is 270 g/mol. The van der Waals surface area contributed by atoms with Crippen LogP contribution in [0, 0.1) is 17.1 Å². The molecule has 0 aliphatic heterocycles. The molecule has 0 amide bonds. The molecule has 0 aromatic heterocycles. The molecule has 102 valence electrons. The van der Waals surface area contributed by atoms with Gasteiger partial charge in [0.15, 0.2) is 0 Å². The van der Waals surface area contributed by atoms with Crippen molar-refractivity contribution in [3.05, 3.63) is 59.4 Å². The molecule has 0 spiro atoms. The van der Waals surface area contributed by atoms with Crippen molar-refractivity contribution in [2.45, 2.75) is 13.0 Å². The fraction of sp³-hybridized carbons (Fsp3) is 0.188. The standard InChI is InChI=1S/C16H15FN2O/c1-11(19-2)16-14(17)4-3-5-15(16)20-13-8-6-12(10-18)7-9-13/h3-9,11,19H,1-2H3. The molecule has 0 aliphatic carbocycles. The molecule has 4 heteroatoms. The molecule has 2 aromatic rings. The van der Waals surface area contributed by atoms with Crippen LogP contribution < -0.4 is 10.1 Å². The molecular weight excluding hydrogens is 255 g/mol. The predicted molar refractivity (Wildman–Crippen MR) is 75.1 cm³/mol. The van der Waals surface area contributed by atoms with Gasteiger partial charge in [0.05, 0.1) is 11.6 Å². The Kier molecular flexibility index (Phi) is 4.34. The predicted octanol–water partition coefficient (Wildman–Crippen LogP) is 3.77. The van der Waals surface area contributed by atoms with Crippen LogP contribution in [-0.2, 0) is 0 Å². The number of hydrogen-bond donors (Lipinski definition) is 1. The Morgan fingerprint density at radius 2 is 1.90 bits per heavy atom. The van der Waals surface area contributed by atoms with Crippen LogP contribution in [-0.4, -0.2) is 7.05 Å². The molecule has 3 nitrogen and oxygen atoms in total. The topological polar surface area (TPSA) is 45.0 Å². The molecule has 0 heterocycles. The van der Waals surface area contributed by atoms with E-state index in [0.29, 0.717) is 22.6 Å². The molecule has 1 atom stereocenters. The van der Waals surface area contributed by atoms with E-state index in [1.54, 1.807) is 43.4 Å². The van der Waals surface area contributed by atoms with Crippen LogP contribution in [0.4, 0.5) is 4.39 Å². The second-order valence-electron chi connectivity index (χ2n) is 4.40. The number of nitrogens with one attached hydrogen (secondary N) is 1. The lowest BCUT2D eigenvalue weighted by Gasteiger charge is -2.17. The summed E-state index contributed by atoms with van der Waals surface area (Å²) in [6.45, 7) is 1.87. The summed E-state index contributed by atoms with van der Waals surface area (Å²) in [5, 5.41) is 11.8. The van der Waals surface area contributed by atoms with Gasteiger partial charge in [-0.1, -0.05) is 6.07 Å². The molecule has 1 unspecified atom stereocenters. The molecule has 0 aliphatic rings. The first-order chi connectivity index (χ1) is 9.65. The Bertz CT molecular complexity index is 632. The lowest BCUT2D eigenvalue weighted by molar-refractivity contribution is 0.452. The molecule has 0 saturated carbocycles. The highest BCUT2D eigenvalue weighted by atomic mass is 19.1. The average Bonchev–Trinajstić information content (AvgIpc) is 2.47. The van der Waals surface area contributed by atoms with Crippen LogP contribution >= 0.6 is 0 Å². The van der Waals surface area contributed by atoms with Gasteiger partial charge in [-0.3, -0.25) is 0 Å². The normalized spacial score (nSPS) is 11.7. The van der Waals surface area contributed by atoms with Crippen LogP contribution in [0.1, 0.15) is 24.1 Å². The quantitative estimate of drug-likeness (QED) is 0.919. The van der Waals surface area contributed by atoms with Crippen molar-refractivity contribution in [3.63, 3.8) is 0 Å². The molecule has 2 aromatic carbocycles. The fourth-order valence-electron chi connectivity index (χ4n) is 1.90. The monoisotopic (exact) mass is 270 g/mol. The summed E-state index contributed by atoms with van der Waals surface area (Å²) in [6, 6.07) is 13.3. The second kappa shape index (κ2) is 6.18. The zero-order valence-corrected chi connectivity index (χ0v) is 11.4. The van der Waals surface area contributed by atoms with Crippen molar-refractivity contribution >= 4 is 0 Å². The van der Waals surface area contributed by atoms with E-state index in [0.717, 1.165) is 0 Å². The van der Waals surface area contributed by atoms with Gasteiger partial charge >= 0.3 is 0 Å². The van der Waals surface area contributed by atoms with Gasteiger partial charge in [0, 0.05) is 11.6 Å². The molecule has 2 rings (SSSR count). The fourth-order valence-corrected chi connectivity index (χ4v) is 1.90. The minimum atomic E-state index is -0.307. The van der Waals surface area contributed by atoms with Crippen LogP contribution in [0.15, 0.2) is 42.5 Å². The Morgan fingerprint density at radius 3 is 2.50 bits per heavy atom. The van der Waals surface area contributed by atoms with Crippen molar-refractivity contribution in [3.8, 4) is 17.6 Å². The lowest BCUT2D eigenvalue weighted by Crippen LogP contribution is -2.14. The molecular formula is C16H15FN2O. The van der Waals surface area contributed by atoms with Gasteiger partial charge in [-0.15, -0.1) is 0 Å². The molecule has 1 N–H and O–H groups in total. The molecule has 0 fully saturated rings. The number of nitriles is 1. The summed E-state index contributed by atoms with van der Waals surface area (Å²) in [5.74, 6) is 0.730. The Hall–Kier alpha value is -2.38. The summed E-state index contributed by atoms with van der Waals surface area (Å²) < 4.78 is 19.7. The summed E-state index contributed by atoms with van der Waals surface area (Å²) in [4.78, 5) is 0. The number of halogens is 1. The maximum Gasteiger partial charge on any atom is 0.135 e. The van der Waals surface area contributed by atoms with Crippen LogP contribution in [0.5, 0.6) is 11.5 Å². The minimum absolute atomic E-state index is 0.162. The number of nitrogens with zero attached hydrogens (tertiary/aromatic N) is 1. The smallest absolute Gasteiger partial charge is 0.135 e. The minimum Gasteiger partial charge on any atom is -0.457 e. The third kappa shape index (κ3) is 2.95. The molecule has 20 heavy (non-hydrogen) atoms. The van der Waals surface area contributed by atoms with E-state index >= 15 is 0 Å². The first-order valence-corrected chi connectivity index (χ1v) is 6.29. The summed E-state index contributed by atoms with van der Waals surface area (Å²) >= 11 is 0. The third-order valence-corrected chi connectivity index (χ3v) is 3.09. The highest BCUT2D eigenvalue weighted by molar-refractivity contribution is 5.42. The maximum absolute atomic E-state index is 13.9. The van der Waals surface area contributed by atoms with Gasteiger partial charge in [-0.05, 0) is 50.4 Å². The zero-order chi connectivity index (χ0) is 14.5. The van der Waals surface area contributed by atoms with E-state index in [-0.39, 0.29) is 11.9 Å². The van der Waals surface area contributed by atoms with Gasteiger partial charge < -0.3 is 10.1 Å². The lowest BCUT2D eigenvalue weighted by atomic mass is 10.1. The number of benzene rings is 2. The van der Waals surface area contributed by atoms with E-state index in [2.05, 4.69) is 5.32 Å². The van der Waals surface area contributed by atoms with Crippen LogP contribution in [0.25, 0.3) is 0 Å². The highest BCUT2D eigenvalue weighted by Gasteiger charge is 2.15. The van der Waals surface area contributed by atoms with Gasteiger partial charge in [0.1, 0.15) is 17.3 Å². The third-order valence-electron chi connectivity index (χ3n) is 3.09. The Balaban J connectivity index is 2.33. The molecule has 0 radical (unpaired) electrons. The first-order valence-electron chi connectivity index (χ1n) is 6.29. The summed E-state index contributed by atoms with van der Waals surface area (Å²) in [7, 11) is 1.77. The van der Waals surface area contributed by atoms with Crippen molar-refractivity contribution in [1.82, 2.24) is 5.32 Å². The number of rotatable bonds is 4. The van der Waals surface area contributed by atoms with Gasteiger partial charge in [0.25, 0.3) is 0 Å². The number of ether oxygens (including phenoxy) is 1. The van der Waals surface area contributed by atoms with E-state index < -0.39 is 0 Å². The van der Waals surface area contributed by atoms with Gasteiger partial charge in [-0.2, -0.15) is 5.26 Å². The van der Waals surface area contributed by atoms with Gasteiger partial charge in [0.2, 0.25) is 0 Å². The van der Waals surface area contributed by atoms with Crippen molar-refractivity contribution < 1.29 is 9.13 Å². The van der Waals surface area contributed by atoms with Crippen molar-refractivity contribution in [2.75, 3.05) is 7.05 Å². The van der Waals surface area contributed by atoms with Crippen LogP contribution in [0.3, 0.4) is 0 Å². The van der Waals surface area contributed by atoms with Crippen LogP contribution in [0.2, 0.25) is 0 Å². The Labute approximate surface area is 117 Å². The van der Waals surface area contributed by atoms with E-state index in [4.69, 9.17) is 10.00 Å². The SMILES string of the molecule is CNC(C)c1c(F)cccc1Oc1ccc(C#N)cc1. The van der Waals surface area contributed by atoms with Gasteiger partial charge in [-0.25, -0.2) is 4.39 Å². The highest BCUT2D eigenvalue weighted by Crippen LogP contribution is 2.31. The summed E-state index contributed by atoms with van der Waals surface area (Å²) in [6.07, 6.45) is 0. The second-order valence-corrected chi connectivity index (χ2v) is 4.40. The van der Waals surface area contributed by atoms with E-state index in [1.807, 2.05) is 13.0 Å². The van der Waals surface area contributed by atoms with Crippen molar-refractivity contribution in [2.24, 2.45) is 0 Å². The van der Waals surface area contributed by atoms with E-state index in [9.17, 15) is 4.39 Å². The molecule has 0 bridgehead atoms. The zero-order valence-electron chi connectivity index (χ0n) is 11.4. The number of hydrogen-bond acceptors (Lipinski definition) is 3. The Morgan fingerprint density at radius 1 is 1.20 bits per heavy atom. The van der Waals surface area contributed by atoms with Crippen molar-refractivity contribution in [1.29, 1.82) is 5.26 Å². The summed E-state index contributed by atoms with van der Waals surface area (Å²) in [5.41, 5.74) is 1.04.